The Morgan fingerprint density at radius 2 is 2.06 bits per heavy atom. The number of anilines is 1. The summed E-state index contributed by atoms with van der Waals surface area (Å²) in [6, 6.07) is 7.74. The van der Waals surface area contributed by atoms with Crippen molar-refractivity contribution in [1.82, 2.24) is 5.32 Å². The first-order valence-corrected chi connectivity index (χ1v) is 6.82. The molecule has 1 aliphatic carbocycles. The van der Waals surface area contributed by atoms with E-state index >= 15 is 0 Å². The van der Waals surface area contributed by atoms with Crippen molar-refractivity contribution in [2.45, 2.75) is 45.1 Å². The van der Waals surface area contributed by atoms with Gasteiger partial charge >= 0.3 is 0 Å². The summed E-state index contributed by atoms with van der Waals surface area (Å²) in [5.74, 6) is 0.409. The van der Waals surface area contributed by atoms with Crippen molar-refractivity contribution >= 4 is 11.6 Å². The van der Waals surface area contributed by atoms with Crippen LogP contribution in [0.4, 0.5) is 5.69 Å². The Kier molecular flexibility index (Phi) is 4.24. The summed E-state index contributed by atoms with van der Waals surface area (Å²) in [6.45, 7) is 2.01. The Labute approximate surface area is 109 Å². The number of hydrogen-bond acceptors (Lipinski definition) is 2. The zero-order valence-corrected chi connectivity index (χ0v) is 11.0. The Morgan fingerprint density at radius 3 is 2.72 bits per heavy atom. The van der Waals surface area contributed by atoms with Crippen LogP contribution in [0, 0.1) is 5.92 Å². The summed E-state index contributed by atoms with van der Waals surface area (Å²) < 4.78 is 0. The number of nitrogen functional groups attached to an aromatic ring is 1. The first kappa shape index (κ1) is 12.9. The van der Waals surface area contributed by atoms with E-state index in [9.17, 15) is 4.79 Å². The Balaban J connectivity index is 1.94. The molecular weight excluding hydrogens is 224 g/mol. The number of carbonyl (C=O) groups is 1. The summed E-state index contributed by atoms with van der Waals surface area (Å²) >= 11 is 0. The lowest BCUT2D eigenvalue weighted by Gasteiger charge is -2.23. The van der Waals surface area contributed by atoms with Crippen molar-refractivity contribution in [2.75, 3.05) is 5.73 Å². The monoisotopic (exact) mass is 246 g/mol. The zero-order chi connectivity index (χ0) is 13.0. The molecule has 2 rings (SSSR count). The molecule has 1 unspecified atom stereocenters. The molecule has 1 aromatic carbocycles. The molecule has 3 nitrogen and oxygen atoms in total. The number of amides is 1. The zero-order valence-electron chi connectivity index (χ0n) is 11.0. The molecule has 1 atom stereocenters. The molecule has 0 aromatic heterocycles. The smallest absolute Gasteiger partial charge is 0.223 e. The first-order valence-electron chi connectivity index (χ1n) is 6.82. The van der Waals surface area contributed by atoms with Crippen molar-refractivity contribution in [3.8, 4) is 0 Å². The second-order valence-electron chi connectivity index (χ2n) is 5.24. The number of carbonyl (C=O) groups excluding carboxylic acids is 1. The van der Waals surface area contributed by atoms with E-state index < -0.39 is 0 Å². The van der Waals surface area contributed by atoms with E-state index in [0.29, 0.717) is 0 Å². The molecule has 1 aromatic rings. The van der Waals surface area contributed by atoms with Crippen molar-refractivity contribution in [2.24, 2.45) is 5.92 Å². The second kappa shape index (κ2) is 5.89. The molecule has 1 aliphatic rings. The lowest BCUT2D eigenvalue weighted by Crippen LogP contribution is -2.33. The maximum absolute atomic E-state index is 12.1. The molecule has 1 fully saturated rings. The molecule has 0 spiro atoms. The molecule has 0 bridgehead atoms. The van der Waals surface area contributed by atoms with Crippen molar-refractivity contribution in [3.63, 3.8) is 0 Å². The lowest BCUT2D eigenvalue weighted by atomic mass is 9.88. The van der Waals surface area contributed by atoms with Gasteiger partial charge in [0.1, 0.15) is 0 Å². The van der Waals surface area contributed by atoms with Crippen molar-refractivity contribution in [1.29, 1.82) is 0 Å². The van der Waals surface area contributed by atoms with E-state index in [-0.39, 0.29) is 17.9 Å². The molecule has 0 saturated heterocycles. The second-order valence-corrected chi connectivity index (χ2v) is 5.24. The number of benzene rings is 1. The minimum atomic E-state index is 0.0305. The third-order valence-corrected chi connectivity index (χ3v) is 3.75. The van der Waals surface area contributed by atoms with Gasteiger partial charge in [-0.1, -0.05) is 31.4 Å². The fraction of sp³-hybridized carbons (Fsp3) is 0.533. The maximum Gasteiger partial charge on any atom is 0.223 e. The van der Waals surface area contributed by atoms with Crippen LogP contribution in [0.25, 0.3) is 0 Å². The third kappa shape index (κ3) is 3.25. The fourth-order valence-corrected chi connectivity index (χ4v) is 2.61. The van der Waals surface area contributed by atoms with E-state index in [0.717, 1.165) is 24.1 Å². The number of nitrogens with one attached hydrogen (secondary N) is 1. The summed E-state index contributed by atoms with van der Waals surface area (Å²) in [4.78, 5) is 12.1. The molecule has 1 saturated carbocycles. The SMILES string of the molecule is CC(NC(=O)C1CCCCC1)c1cccc(N)c1. The van der Waals surface area contributed by atoms with Gasteiger partial charge in [0.25, 0.3) is 0 Å². The van der Waals surface area contributed by atoms with Crippen molar-refractivity contribution < 1.29 is 4.79 Å². The van der Waals surface area contributed by atoms with Gasteiger partial charge in [-0.15, -0.1) is 0 Å². The summed E-state index contributed by atoms with van der Waals surface area (Å²) in [7, 11) is 0. The van der Waals surface area contributed by atoms with Crippen LogP contribution >= 0.6 is 0 Å². The summed E-state index contributed by atoms with van der Waals surface area (Å²) in [5, 5.41) is 3.10. The number of rotatable bonds is 3. The normalized spacial score (nSPS) is 18.3. The topological polar surface area (TPSA) is 55.1 Å². The van der Waals surface area contributed by atoms with E-state index in [1.165, 1.54) is 19.3 Å². The lowest BCUT2D eigenvalue weighted by molar-refractivity contribution is -0.126. The van der Waals surface area contributed by atoms with Crippen LogP contribution in [0.2, 0.25) is 0 Å². The highest BCUT2D eigenvalue weighted by atomic mass is 16.1. The minimum absolute atomic E-state index is 0.0305. The van der Waals surface area contributed by atoms with E-state index in [1.54, 1.807) is 0 Å². The van der Waals surface area contributed by atoms with Crippen LogP contribution in [0.3, 0.4) is 0 Å². The minimum Gasteiger partial charge on any atom is -0.399 e. The predicted molar refractivity (Wildman–Crippen MR) is 74.0 cm³/mol. The molecule has 0 radical (unpaired) electrons. The van der Waals surface area contributed by atoms with Crippen LogP contribution in [0.15, 0.2) is 24.3 Å². The Morgan fingerprint density at radius 1 is 1.33 bits per heavy atom. The fourth-order valence-electron chi connectivity index (χ4n) is 2.61. The van der Waals surface area contributed by atoms with Gasteiger partial charge in [-0.2, -0.15) is 0 Å². The number of nitrogens with two attached hydrogens (primary N) is 1. The van der Waals surface area contributed by atoms with Gasteiger partial charge in [-0.3, -0.25) is 4.79 Å². The largest absolute Gasteiger partial charge is 0.399 e. The highest BCUT2D eigenvalue weighted by Gasteiger charge is 2.22. The van der Waals surface area contributed by atoms with Crippen LogP contribution in [0.1, 0.15) is 50.6 Å². The van der Waals surface area contributed by atoms with Gasteiger partial charge in [0.15, 0.2) is 0 Å². The number of hydrogen-bond donors (Lipinski definition) is 2. The highest BCUT2D eigenvalue weighted by molar-refractivity contribution is 5.79. The molecule has 0 aliphatic heterocycles. The Bertz CT molecular complexity index is 411. The van der Waals surface area contributed by atoms with Gasteiger partial charge in [0, 0.05) is 11.6 Å². The van der Waals surface area contributed by atoms with Crippen LogP contribution in [-0.2, 0) is 4.79 Å². The molecule has 0 heterocycles. The molecule has 3 N–H and O–H groups in total. The van der Waals surface area contributed by atoms with Gasteiger partial charge in [0.2, 0.25) is 5.91 Å². The Hall–Kier alpha value is -1.51. The highest BCUT2D eigenvalue weighted by Crippen LogP contribution is 2.25. The van der Waals surface area contributed by atoms with Crippen LogP contribution in [-0.4, -0.2) is 5.91 Å². The van der Waals surface area contributed by atoms with E-state index in [1.807, 2.05) is 31.2 Å². The summed E-state index contributed by atoms with van der Waals surface area (Å²) in [5.41, 5.74) is 7.57. The standard InChI is InChI=1S/C15H22N2O/c1-11(13-8-5-9-14(16)10-13)17-15(18)12-6-3-2-4-7-12/h5,8-12H,2-4,6-7,16H2,1H3,(H,17,18). The average molecular weight is 246 g/mol. The third-order valence-electron chi connectivity index (χ3n) is 3.75. The molecule has 3 heteroatoms. The quantitative estimate of drug-likeness (QED) is 0.805. The maximum atomic E-state index is 12.1. The van der Waals surface area contributed by atoms with Gasteiger partial charge in [-0.05, 0) is 37.5 Å². The van der Waals surface area contributed by atoms with Gasteiger partial charge in [-0.25, -0.2) is 0 Å². The van der Waals surface area contributed by atoms with Gasteiger partial charge in [0.05, 0.1) is 6.04 Å². The average Bonchev–Trinajstić information content (AvgIpc) is 2.39. The molecule has 98 valence electrons. The van der Waals surface area contributed by atoms with Crippen LogP contribution in [0.5, 0.6) is 0 Å². The van der Waals surface area contributed by atoms with Gasteiger partial charge < -0.3 is 11.1 Å². The predicted octanol–water partition coefficient (Wildman–Crippen LogP) is 3.03. The van der Waals surface area contributed by atoms with Crippen LogP contribution < -0.4 is 11.1 Å². The first-order chi connectivity index (χ1) is 8.66. The molecule has 1 amide bonds. The van der Waals surface area contributed by atoms with Crippen molar-refractivity contribution in [3.05, 3.63) is 29.8 Å². The van der Waals surface area contributed by atoms with E-state index in [2.05, 4.69) is 5.32 Å². The molecular formula is C15H22N2O. The molecule has 18 heavy (non-hydrogen) atoms. The van der Waals surface area contributed by atoms with E-state index in [4.69, 9.17) is 5.73 Å². The summed E-state index contributed by atoms with van der Waals surface area (Å²) in [6.07, 6.45) is 5.72.